The van der Waals surface area contributed by atoms with E-state index in [2.05, 4.69) is 15.4 Å². The molecular formula is C19H21ClN4O2. The van der Waals surface area contributed by atoms with Crippen LogP contribution in [0.5, 0.6) is 5.75 Å². The number of hydrogen-bond donors (Lipinski definition) is 1. The van der Waals surface area contributed by atoms with E-state index < -0.39 is 0 Å². The van der Waals surface area contributed by atoms with Crippen LogP contribution in [0.4, 0.5) is 0 Å². The van der Waals surface area contributed by atoms with Crippen molar-refractivity contribution in [3.63, 3.8) is 0 Å². The van der Waals surface area contributed by atoms with Gasteiger partial charge in [-0.1, -0.05) is 25.4 Å². The zero-order chi connectivity index (χ0) is 18.8. The fourth-order valence-corrected chi connectivity index (χ4v) is 3.02. The molecule has 0 radical (unpaired) electrons. The van der Waals surface area contributed by atoms with E-state index >= 15 is 0 Å². The number of carbonyl (C=O) groups excluding carboxylic acids is 1. The highest BCUT2D eigenvalue weighted by atomic mass is 35.5. The molecule has 3 aromatic rings. The lowest BCUT2D eigenvalue weighted by Crippen LogP contribution is -2.27. The van der Waals surface area contributed by atoms with Crippen LogP contribution in [-0.2, 0) is 0 Å². The number of fused-ring (bicyclic) bond motifs is 1. The average molecular weight is 373 g/mol. The van der Waals surface area contributed by atoms with Crippen molar-refractivity contribution in [3.8, 4) is 11.4 Å². The monoisotopic (exact) mass is 372 g/mol. The lowest BCUT2D eigenvalue weighted by molar-refractivity contribution is 0.0949. The Morgan fingerprint density at radius 1 is 1.31 bits per heavy atom. The molecule has 0 aliphatic carbocycles. The van der Waals surface area contributed by atoms with Gasteiger partial charge in [-0.25, -0.2) is 9.67 Å². The van der Waals surface area contributed by atoms with Crippen LogP contribution in [0, 0.1) is 12.8 Å². The molecule has 2 aromatic heterocycles. The predicted octanol–water partition coefficient (Wildman–Crippen LogP) is 3.78. The molecule has 0 saturated carbocycles. The van der Waals surface area contributed by atoms with Crippen molar-refractivity contribution in [2.45, 2.75) is 20.8 Å². The first-order valence-corrected chi connectivity index (χ1v) is 8.76. The zero-order valence-electron chi connectivity index (χ0n) is 15.2. The molecule has 3 rings (SSSR count). The van der Waals surface area contributed by atoms with E-state index in [-0.39, 0.29) is 5.91 Å². The molecular weight excluding hydrogens is 352 g/mol. The summed E-state index contributed by atoms with van der Waals surface area (Å²) in [5.74, 6) is 0.890. The summed E-state index contributed by atoms with van der Waals surface area (Å²) in [6.07, 6.45) is 1.50. The molecule has 26 heavy (non-hydrogen) atoms. The summed E-state index contributed by atoms with van der Waals surface area (Å²) in [6, 6.07) is 7.49. The van der Waals surface area contributed by atoms with E-state index in [1.165, 1.54) is 6.20 Å². The van der Waals surface area contributed by atoms with E-state index in [4.69, 9.17) is 16.3 Å². The Kier molecular flexibility index (Phi) is 5.13. The number of aromatic nitrogens is 3. The highest BCUT2D eigenvalue weighted by Gasteiger charge is 2.20. The Morgan fingerprint density at radius 3 is 2.62 bits per heavy atom. The summed E-state index contributed by atoms with van der Waals surface area (Å²) in [7, 11) is 1.62. The number of nitrogens with one attached hydrogen (secondary N) is 1. The van der Waals surface area contributed by atoms with Gasteiger partial charge in [0.1, 0.15) is 5.75 Å². The molecule has 6 nitrogen and oxygen atoms in total. The summed E-state index contributed by atoms with van der Waals surface area (Å²) >= 11 is 6.53. The molecule has 0 atom stereocenters. The molecule has 2 heterocycles. The van der Waals surface area contributed by atoms with E-state index in [1.54, 1.807) is 11.8 Å². The quantitative estimate of drug-likeness (QED) is 0.740. The summed E-state index contributed by atoms with van der Waals surface area (Å²) in [5, 5.41) is 8.47. The highest BCUT2D eigenvalue weighted by molar-refractivity contribution is 6.38. The number of nitrogens with zero attached hydrogens (tertiary/aromatic N) is 3. The Labute approximate surface area is 157 Å². The average Bonchev–Trinajstić information content (AvgIpc) is 2.97. The molecule has 0 spiro atoms. The maximum Gasteiger partial charge on any atom is 0.254 e. The van der Waals surface area contributed by atoms with Crippen LogP contribution in [0.3, 0.4) is 0 Å². The summed E-state index contributed by atoms with van der Waals surface area (Å²) in [4.78, 5) is 16.8. The minimum atomic E-state index is -0.227. The molecule has 0 bridgehead atoms. The topological polar surface area (TPSA) is 69.0 Å². The number of aryl methyl sites for hydroxylation is 1. The lowest BCUT2D eigenvalue weighted by atomic mass is 10.1. The van der Waals surface area contributed by atoms with Crippen molar-refractivity contribution in [3.05, 3.63) is 46.7 Å². The SMILES string of the molecule is COc1ccc(-n2nc(C)c3c(Cl)c(C(=O)NCC(C)C)cnc32)cc1. The predicted molar refractivity (Wildman–Crippen MR) is 102 cm³/mol. The van der Waals surface area contributed by atoms with Gasteiger partial charge in [-0.05, 0) is 37.1 Å². The Morgan fingerprint density at radius 2 is 2.00 bits per heavy atom. The van der Waals surface area contributed by atoms with Gasteiger partial charge in [0, 0.05) is 12.7 Å². The number of rotatable bonds is 5. The summed E-state index contributed by atoms with van der Waals surface area (Å²) in [5.41, 5.74) is 2.52. The fourth-order valence-electron chi connectivity index (χ4n) is 2.66. The van der Waals surface area contributed by atoms with Gasteiger partial charge >= 0.3 is 0 Å². The third-order valence-electron chi connectivity index (χ3n) is 4.04. The van der Waals surface area contributed by atoms with Crippen LogP contribution < -0.4 is 10.1 Å². The number of benzene rings is 1. The second-order valence-corrected chi connectivity index (χ2v) is 6.86. The Hall–Kier alpha value is -2.60. The second kappa shape index (κ2) is 7.33. The van der Waals surface area contributed by atoms with Crippen molar-refractivity contribution in [2.75, 3.05) is 13.7 Å². The normalized spacial score (nSPS) is 11.2. The van der Waals surface area contributed by atoms with Gasteiger partial charge in [0.25, 0.3) is 5.91 Å². The van der Waals surface area contributed by atoms with Crippen LogP contribution in [0.1, 0.15) is 29.9 Å². The number of carbonyl (C=O) groups is 1. The summed E-state index contributed by atoms with van der Waals surface area (Å²) in [6.45, 7) is 6.50. The van der Waals surface area contributed by atoms with Gasteiger partial charge in [-0.3, -0.25) is 4.79 Å². The highest BCUT2D eigenvalue weighted by Crippen LogP contribution is 2.30. The number of halogens is 1. The number of amides is 1. The Bertz CT molecular complexity index is 948. The molecule has 0 fully saturated rings. The maximum absolute atomic E-state index is 12.4. The van der Waals surface area contributed by atoms with Crippen LogP contribution >= 0.6 is 11.6 Å². The number of hydrogen-bond acceptors (Lipinski definition) is 4. The molecule has 0 aliphatic heterocycles. The van der Waals surface area contributed by atoms with E-state index in [0.29, 0.717) is 39.8 Å². The van der Waals surface area contributed by atoms with Crippen LogP contribution in [-0.4, -0.2) is 34.3 Å². The van der Waals surface area contributed by atoms with Crippen molar-refractivity contribution >= 4 is 28.5 Å². The van der Waals surface area contributed by atoms with Crippen LogP contribution in [0.15, 0.2) is 30.5 Å². The van der Waals surface area contributed by atoms with Gasteiger partial charge in [0.15, 0.2) is 5.65 Å². The minimum absolute atomic E-state index is 0.227. The van der Waals surface area contributed by atoms with Crippen molar-refractivity contribution in [1.29, 1.82) is 0 Å². The van der Waals surface area contributed by atoms with Crippen molar-refractivity contribution in [1.82, 2.24) is 20.1 Å². The lowest BCUT2D eigenvalue weighted by Gasteiger charge is -2.09. The first kappa shape index (κ1) is 18.2. The van der Waals surface area contributed by atoms with Crippen molar-refractivity contribution < 1.29 is 9.53 Å². The summed E-state index contributed by atoms with van der Waals surface area (Å²) < 4.78 is 6.90. The number of pyridine rings is 1. The minimum Gasteiger partial charge on any atom is -0.497 e. The van der Waals surface area contributed by atoms with Crippen molar-refractivity contribution in [2.24, 2.45) is 5.92 Å². The van der Waals surface area contributed by atoms with E-state index in [9.17, 15) is 4.79 Å². The standard InChI is InChI=1S/C19H21ClN4O2/c1-11(2)9-22-19(25)15-10-21-18-16(17(15)20)12(3)23-24(18)13-5-7-14(26-4)8-6-13/h5-8,10-11H,9H2,1-4H3,(H,22,25). The molecule has 0 unspecified atom stereocenters. The van der Waals surface area contributed by atoms with Gasteiger partial charge in [0.2, 0.25) is 0 Å². The van der Waals surface area contributed by atoms with Crippen LogP contribution in [0.2, 0.25) is 5.02 Å². The smallest absolute Gasteiger partial charge is 0.254 e. The first-order valence-electron chi connectivity index (χ1n) is 8.38. The van der Waals surface area contributed by atoms with Crippen LogP contribution in [0.25, 0.3) is 16.7 Å². The number of ether oxygens (including phenoxy) is 1. The molecule has 7 heteroatoms. The maximum atomic E-state index is 12.4. The molecule has 1 N–H and O–H groups in total. The molecule has 0 aliphatic rings. The second-order valence-electron chi connectivity index (χ2n) is 6.48. The molecule has 1 aromatic carbocycles. The third kappa shape index (κ3) is 3.37. The van der Waals surface area contributed by atoms with Gasteiger partial charge in [-0.2, -0.15) is 5.10 Å². The largest absolute Gasteiger partial charge is 0.497 e. The van der Waals surface area contributed by atoms with Gasteiger partial charge in [0.05, 0.1) is 34.5 Å². The van der Waals surface area contributed by atoms with Gasteiger partial charge < -0.3 is 10.1 Å². The third-order valence-corrected chi connectivity index (χ3v) is 4.43. The molecule has 1 amide bonds. The molecule has 136 valence electrons. The zero-order valence-corrected chi connectivity index (χ0v) is 16.0. The van der Waals surface area contributed by atoms with E-state index in [0.717, 1.165) is 11.4 Å². The van der Waals surface area contributed by atoms with E-state index in [1.807, 2.05) is 45.0 Å². The molecule has 0 saturated heterocycles. The first-order chi connectivity index (χ1) is 12.4. The van der Waals surface area contributed by atoms with Gasteiger partial charge in [-0.15, -0.1) is 0 Å². The Balaban J connectivity index is 2.04. The fraction of sp³-hybridized carbons (Fsp3) is 0.316. The number of methoxy groups -OCH3 is 1.